The number of likely N-dealkylation sites (tertiary alicyclic amines) is 2. The quantitative estimate of drug-likeness (QED) is 0.531. The molecule has 2 aliphatic rings. The normalized spacial score (nSPS) is 19.5. The second kappa shape index (κ2) is 11.0. The standard InChI is InChI=1S/C23H35BrClN3O/c1-26(2)23(29)28-14-9-18(10-15-28)4-3-11-27-12-7-19(8-13-27)16-20-17-21(25)5-6-22(20)24/h5-6,17-19H,3-4,7-16H2,1-2H3. The molecule has 0 bridgehead atoms. The van der Waals surface area contributed by atoms with Crippen molar-refractivity contribution in [1.29, 1.82) is 0 Å². The van der Waals surface area contributed by atoms with Gasteiger partial charge in [-0.25, -0.2) is 4.79 Å². The summed E-state index contributed by atoms with van der Waals surface area (Å²) in [5, 5.41) is 0.831. The predicted octanol–water partition coefficient (Wildman–Crippen LogP) is 5.53. The zero-order valence-electron chi connectivity index (χ0n) is 17.9. The first-order valence-electron chi connectivity index (χ1n) is 11.0. The van der Waals surface area contributed by atoms with Gasteiger partial charge in [0.2, 0.25) is 0 Å². The molecule has 2 fully saturated rings. The maximum atomic E-state index is 12.0. The molecule has 0 aromatic heterocycles. The van der Waals surface area contributed by atoms with E-state index in [0.717, 1.165) is 49.2 Å². The van der Waals surface area contributed by atoms with E-state index in [0.29, 0.717) is 0 Å². The van der Waals surface area contributed by atoms with Crippen LogP contribution in [-0.4, -0.2) is 67.5 Å². The van der Waals surface area contributed by atoms with Crippen LogP contribution in [0.2, 0.25) is 5.02 Å². The van der Waals surface area contributed by atoms with Gasteiger partial charge in [0.1, 0.15) is 0 Å². The van der Waals surface area contributed by atoms with Crippen molar-refractivity contribution in [2.75, 3.05) is 46.8 Å². The zero-order chi connectivity index (χ0) is 20.8. The third-order valence-corrected chi connectivity index (χ3v) is 7.59. The van der Waals surface area contributed by atoms with E-state index in [4.69, 9.17) is 11.6 Å². The number of urea groups is 1. The molecule has 0 saturated carbocycles. The van der Waals surface area contributed by atoms with Crippen LogP contribution in [0, 0.1) is 11.8 Å². The number of benzene rings is 1. The first kappa shape index (κ1) is 22.9. The van der Waals surface area contributed by atoms with Crippen LogP contribution >= 0.6 is 27.5 Å². The minimum absolute atomic E-state index is 0.163. The molecular formula is C23H35BrClN3O. The SMILES string of the molecule is CN(C)C(=O)N1CCC(CCCN2CCC(Cc3cc(Cl)ccc3Br)CC2)CC1. The Morgan fingerprint density at radius 3 is 2.41 bits per heavy atom. The number of carbonyl (C=O) groups excluding carboxylic acids is 1. The highest BCUT2D eigenvalue weighted by atomic mass is 79.9. The topological polar surface area (TPSA) is 26.8 Å². The summed E-state index contributed by atoms with van der Waals surface area (Å²) in [6.07, 6.45) is 8.61. The molecule has 4 nitrogen and oxygen atoms in total. The van der Waals surface area contributed by atoms with Gasteiger partial charge in [0.05, 0.1) is 0 Å². The molecule has 3 rings (SSSR count). The second-order valence-corrected chi connectivity index (χ2v) is 10.3. The van der Waals surface area contributed by atoms with Crippen molar-refractivity contribution in [3.63, 3.8) is 0 Å². The Morgan fingerprint density at radius 1 is 1.10 bits per heavy atom. The summed E-state index contributed by atoms with van der Waals surface area (Å²) in [4.78, 5) is 18.4. The smallest absolute Gasteiger partial charge is 0.319 e. The van der Waals surface area contributed by atoms with E-state index in [2.05, 4.69) is 33.0 Å². The molecular weight excluding hydrogens is 450 g/mol. The lowest BCUT2D eigenvalue weighted by molar-refractivity contribution is 0.141. The summed E-state index contributed by atoms with van der Waals surface area (Å²) in [6, 6.07) is 6.28. The van der Waals surface area contributed by atoms with Gasteiger partial charge in [0.15, 0.2) is 0 Å². The number of nitrogens with zero attached hydrogens (tertiary/aromatic N) is 3. The van der Waals surface area contributed by atoms with Gasteiger partial charge in [-0.15, -0.1) is 0 Å². The lowest BCUT2D eigenvalue weighted by Crippen LogP contribution is -2.44. The average Bonchev–Trinajstić information content (AvgIpc) is 2.72. The van der Waals surface area contributed by atoms with Crippen molar-refractivity contribution in [1.82, 2.24) is 14.7 Å². The number of halogens is 2. The number of hydrogen-bond acceptors (Lipinski definition) is 2. The van der Waals surface area contributed by atoms with Crippen LogP contribution in [0.3, 0.4) is 0 Å². The van der Waals surface area contributed by atoms with E-state index in [1.165, 1.54) is 55.4 Å². The number of amides is 2. The van der Waals surface area contributed by atoms with Gasteiger partial charge in [-0.05, 0) is 100 Å². The molecule has 2 heterocycles. The minimum Gasteiger partial charge on any atom is -0.331 e. The Labute approximate surface area is 189 Å². The first-order valence-corrected chi connectivity index (χ1v) is 12.2. The number of carbonyl (C=O) groups is 1. The summed E-state index contributed by atoms with van der Waals surface area (Å²) >= 11 is 9.83. The molecule has 0 unspecified atom stereocenters. The van der Waals surface area contributed by atoms with Gasteiger partial charge in [0.25, 0.3) is 0 Å². The van der Waals surface area contributed by atoms with E-state index in [1.807, 2.05) is 25.1 Å². The molecule has 0 radical (unpaired) electrons. The second-order valence-electron chi connectivity index (χ2n) is 8.97. The zero-order valence-corrected chi connectivity index (χ0v) is 20.2. The fourth-order valence-electron chi connectivity index (χ4n) is 4.72. The molecule has 0 spiro atoms. The molecule has 0 aliphatic carbocycles. The molecule has 1 aromatic carbocycles. The molecule has 2 aliphatic heterocycles. The first-order chi connectivity index (χ1) is 13.9. The minimum atomic E-state index is 0.163. The molecule has 6 heteroatoms. The molecule has 1 aromatic rings. The lowest BCUT2D eigenvalue weighted by atomic mass is 9.89. The maximum absolute atomic E-state index is 12.0. The van der Waals surface area contributed by atoms with Gasteiger partial charge < -0.3 is 14.7 Å². The van der Waals surface area contributed by atoms with Gasteiger partial charge in [-0.2, -0.15) is 0 Å². The molecule has 2 saturated heterocycles. The van der Waals surface area contributed by atoms with Gasteiger partial charge in [0, 0.05) is 36.7 Å². The Hall–Kier alpha value is -0.780. The van der Waals surface area contributed by atoms with Crippen LogP contribution < -0.4 is 0 Å². The number of rotatable bonds is 6. The molecule has 2 amide bonds. The van der Waals surface area contributed by atoms with Crippen LogP contribution in [0.15, 0.2) is 22.7 Å². The van der Waals surface area contributed by atoms with E-state index in [1.54, 1.807) is 4.90 Å². The average molecular weight is 485 g/mol. The van der Waals surface area contributed by atoms with Gasteiger partial charge >= 0.3 is 6.03 Å². The van der Waals surface area contributed by atoms with E-state index in [9.17, 15) is 4.79 Å². The fourth-order valence-corrected chi connectivity index (χ4v) is 5.33. The monoisotopic (exact) mass is 483 g/mol. The maximum Gasteiger partial charge on any atom is 0.319 e. The van der Waals surface area contributed by atoms with Crippen LogP contribution in [0.5, 0.6) is 0 Å². The molecule has 162 valence electrons. The lowest BCUT2D eigenvalue weighted by Gasteiger charge is -2.35. The van der Waals surface area contributed by atoms with Gasteiger partial charge in [-0.3, -0.25) is 0 Å². The van der Waals surface area contributed by atoms with Crippen molar-refractivity contribution in [2.45, 2.75) is 44.9 Å². The highest BCUT2D eigenvalue weighted by molar-refractivity contribution is 9.10. The van der Waals surface area contributed by atoms with Crippen molar-refractivity contribution < 1.29 is 4.79 Å². The van der Waals surface area contributed by atoms with E-state index >= 15 is 0 Å². The summed E-state index contributed by atoms with van der Waals surface area (Å²) in [7, 11) is 3.68. The van der Waals surface area contributed by atoms with Crippen LogP contribution in [0.4, 0.5) is 4.79 Å². The largest absolute Gasteiger partial charge is 0.331 e. The highest BCUT2D eigenvalue weighted by Gasteiger charge is 2.24. The summed E-state index contributed by atoms with van der Waals surface area (Å²) in [5.41, 5.74) is 1.34. The van der Waals surface area contributed by atoms with Crippen molar-refractivity contribution in [3.05, 3.63) is 33.3 Å². The third-order valence-electron chi connectivity index (χ3n) is 6.58. The Bertz CT molecular complexity index is 668. The van der Waals surface area contributed by atoms with E-state index < -0.39 is 0 Å². The Kier molecular flexibility index (Phi) is 8.70. The van der Waals surface area contributed by atoms with Gasteiger partial charge in [-0.1, -0.05) is 27.5 Å². The summed E-state index contributed by atoms with van der Waals surface area (Å²) in [6.45, 7) is 5.51. The third kappa shape index (κ3) is 6.86. The van der Waals surface area contributed by atoms with Crippen LogP contribution in [-0.2, 0) is 6.42 Å². The highest BCUT2D eigenvalue weighted by Crippen LogP contribution is 2.28. The predicted molar refractivity (Wildman–Crippen MR) is 125 cm³/mol. The van der Waals surface area contributed by atoms with Crippen molar-refractivity contribution in [3.8, 4) is 0 Å². The summed E-state index contributed by atoms with van der Waals surface area (Å²) < 4.78 is 1.18. The summed E-state index contributed by atoms with van der Waals surface area (Å²) in [5.74, 6) is 1.55. The van der Waals surface area contributed by atoms with Crippen LogP contribution in [0.25, 0.3) is 0 Å². The Balaban J connectivity index is 1.31. The molecule has 29 heavy (non-hydrogen) atoms. The molecule has 0 N–H and O–H groups in total. The Morgan fingerprint density at radius 2 is 1.76 bits per heavy atom. The number of piperidine rings is 2. The fraction of sp³-hybridized carbons (Fsp3) is 0.696. The van der Waals surface area contributed by atoms with Crippen LogP contribution in [0.1, 0.15) is 44.1 Å². The van der Waals surface area contributed by atoms with Crippen molar-refractivity contribution in [2.24, 2.45) is 11.8 Å². The van der Waals surface area contributed by atoms with E-state index in [-0.39, 0.29) is 6.03 Å². The van der Waals surface area contributed by atoms with Crippen molar-refractivity contribution >= 4 is 33.6 Å². The molecule has 0 atom stereocenters. The number of hydrogen-bond donors (Lipinski definition) is 0.